The highest BCUT2D eigenvalue weighted by atomic mass is 15.5. The summed E-state index contributed by atoms with van der Waals surface area (Å²) in [5.41, 5.74) is 8.21. The van der Waals surface area contributed by atoms with Gasteiger partial charge < -0.3 is 0 Å². The minimum atomic E-state index is 0.993. The van der Waals surface area contributed by atoms with Gasteiger partial charge in [0.25, 0.3) is 0 Å². The van der Waals surface area contributed by atoms with Gasteiger partial charge in [0.15, 0.2) is 0 Å². The van der Waals surface area contributed by atoms with Crippen molar-refractivity contribution in [3.63, 3.8) is 0 Å². The predicted molar refractivity (Wildman–Crippen MR) is 75.3 cm³/mol. The van der Waals surface area contributed by atoms with E-state index in [9.17, 15) is 0 Å². The molecule has 18 heavy (non-hydrogen) atoms. The Hall–Kier alpha value is -0.860. The number of benzene rings is 1. The summed E-state index contributed by atoms with van der Waals surface area (Å²) in [6.07, 6.45) is 9.40. The molecular formula is C16H24N2. The lowest BCUT2D eigenvalue weighted by atomic mass is 9.90. The van der Waals surface area contributed by atoms with E-state index in [1.807, 2.05) is 0 Å². The Kier molecular flexibility index (Phi) is 3.96. The first-order valence-electron chi connectivity index (χ1n) is 7.51. The van der Waals surface area contributed by atoms with Crippen LogP contribution in [0.2, 0.25) is 0 Å². The molecule has 2 nitrogen and oxygen atoms in total. The minimum absolute atomic E-state index is 0.993. The van der Waals surface area contributed by atoms with Crippen molar-refractivity contribution in [3.05, 3.63) is 34.9 Å². The fraction of sp³-hybridized carbons (Fsp3) is 0.625. The van der Waals surface area contributed by atoms with Crippen LogP contribution in [0.15, 0.2) is 18.2 Å². The van der Waals surface area contributed by atoms with E-state index in [1.54, 1.807) is 11.1 Å². The molecule has 1 aliphatic carbocycles. The summed E-state index contributed by atoms with van der Waals surface area (Å²) < 4.78 is 0. The third-order valence-corrected chi connectivity index (χ3v) is 4.28. The SMILES string of the molecule is c1cc2c(cc1CNN1CCCCC1)CCCC2. The lowest BCUT2D eigenvalue weighted by molar-refractivity contribution is 0.151. The fourth-order valence-corrected chi connectivity index (χ4v) is 3.15. The van der Waals surface area contributed by atoms with Crippen molar-refractivity contribution < 1.29 is 0 Å². The summed E-state index contributed by atoms with van der Waals surface area (Å²) in [4.78, 5) is 0. The van der Waals surface area contributed by atoms with Crippen molar-refractivity contribution >= 4 is 0 Å². The van der Waals surface area contributed by atoms with E-state index in [0.29, 0.717) is 0 Å². The number of piperidine rings is 1. The number of aryl methyl sites for hydroxylation is 2. The lowest BCUT2D eigenvalue weighted by Gasteiger charge is -2.27. The van der Waals surface area contributed by atoms with Crippen LogP contribution in [0.1, 0.15) is 48.8 Å². The molecule has 1 N–H and O–H groups in total. The molecule has 2 aliphatic rings. The number of hydrazine groups is 1. The van der Waals surface area contributed by atoms with E-state index < -0.39 is 0 Å². The predicted octanol–water partition coefficient (Wildman–Crippen LogP) is 3.06. The van der Waals surface area contributed by atoms with Crippen LogP contribution < -0.4 is 5.43 Å². The molecule has 1 saturated heterocycles. The zero-order valence-electron chi connectivity index (χ0n) is 11.3. The third-order valence-electron chi connectivity index (χ3n) is 4.28. The smallest absolute Gasteiger partial charge is 0.0353 e. The molecule has 98 valence electrons. The van der Waals surface area contributed by atoms with Gasteiger partial charge in [0.1, 0.15) is 0 Å². The fourth-order valence-electron chi connectivity index (χ4n) is 3.15. The summed E-state index contributed by atoms with van der Waals surface area (Å²) >= 11 is 0. The monoisotopic (exact) mass is 244 g/mol. The van der Waals surface area contributed by atoms with Crippen LogP contribution in [-0.2, 0) is 19.4 Å². The van der Waals surface area contributed by atoms with Crippen molar-refractivity contribution in [1.82, 2.24) is 10.4 Å². The molecule has 3 rings (SSSR count). The summed E-state index contributed by atoms with van der Waals surface area (Å²) in [7, 11) is 0. The molecule has 0 radical (unpaired) electrons. The van der Waals surface area contributed by atoms with Gasteiger partial charge in [-0.1, -0.05) is 24.6 Å². The summed E-state index contributed by atoms with van der Waals surface area (Å²) in [6, 6.07) is 7.08. The Morgan fingerprint density at radius 1 is 0.889 bits per heavy atom. The van der Waals surface area contributed by atoms with Gasteiger partial charge in [-0.3, -0.25) is 5.43 Å². The van der Waals surface area contributed by atoms with Gasteiger partial charge in [0, 0.05) is 19.6 Å². The Bertz CT molecular complexity index is 394. The lowest BCUT2D eigenvalue weighted by Crippen LogP contribution is -2.41. The molecule has 0 spiro atoms. The van der Waals surface area contributed by atoms with E-state index in [1.165, 1.54) is 63.6 Å². The summed E-state index contributed by atoms with van der Waals surface area (Å²) in [6.45, 7) is 3.42. The van der Waals surface area contributed by atoms with E-state index in [0.717, 1.165) is 6.54 Å². The topological polar surface area (TPSA) is 15.3 Å². The molecule has 0 bridgehead atoms. The normalized spacial score (nSPS) is 20.7. The van der Waals surface area contributed by atoms with E-state index >= 15 is 0 Å². The number of nitrogens with zero attached hydrogens (tertiary/aromatic N) is 1. The maximum Gasteiger partial charge on any atom is 0.0353 e. The van der Waals surface area contributed by atoms with Gasteiger partial charge >= 0.3 is 0 Å². The first-order chi connectivity index (χ1) is 8.92. The number of nitrogens with one attached hydrogen (secondary N) is 1. The zero-order chi connectivity index (χ0) is 12.2. The first kappa shape index (κ1) is 12.2. The van der Waals surface area contributed by atoms with Gasteiger partial charge in [0.2, 0.25) is 0 Å². The highest BCUT2D eigenvalue weighted by Crippen LogP contribution is 2.22. The highest BCUT2D eigenvalue weighted by Gasteiger charge is 2.11. The van der Waals surface area contributed by atoms with E-state index in [4.69, 9.17) is 0 Å². The maximum absolute atomic E-state index is 3.58. The van der Waals surface area contributed by atoms with Gasteiger partial charge in [0.05, 0.1) is 0 Å². The first-order valence-corrected chi connectivity index (χ1v) is 7.51. The van der Waals surface area contributed by atoms with Crippen LogP contribution in [0, 0.1) is 0 Å². The van der Waals surface area contributed by atoms with E-state index in [-0.39, 0.29) is 0 Å². The molecule has 0 aromatic heterocycles. The maximum atomic E-state index is 3.58. The highest BCUT2D eigenvalue weighted by molar-refractivity contribution is 5.33. The van der Waals surface area contributed by atoms with Gasteiger partial charge in [-0.15, -0.1) is 0 Å². The van der Waals surface area contributed by atoms with Crippen molar-refractivity contribution in [3.8, 4) is 0 Å². The molecule has 0 amide bonds. The van der Waals surface area contributed by atoms with Gasteiger partial charge in [-0.05, 0) is 55.2 Å². The van der Waals surface area contributed by atoms with Crippen molar-refractivity contribution in [2.24, 2.45) is 0 Å². The van der Waals surface area contributed by atoms with Crippen LogP contribution in [0.5, 0.6) is 0 Å². The van der Waals surface area contributed by atoms with Gasteiger partial charge in [-0.25, -0.2) is 5.01 Å². The molecule has 1 aromatic carbocycles. The van der Waals surface area contributed by atoms with Crippen molar-refractivity contribution in [1.29, 1.82) is 0 Å². The van der Waals surface area contributed by atoms with Crippen LogP contribution in [-0.4, -0.2) is 18.1 Å². The Morgan fingerprint density at radius 2 is 1.67 bits per heavy atom. The van der Waals surface area contributed by atoms with E-state index in [2.05, 4.69) is 28.6 Å². The number of fused-ring (bicyclic) bond motifs is 1. The molecule has 0 unspecified atom stereocenters. The van der Waals surface area contributed by atoms with Crippen LogP contribution in [0.4, 0.5) is 0 Å². The number of hydrogen-bond acceptors (Lipinski definition) is 2. The summed E-state index contributed by atoms with van der Waals surface area (Å²) in [5.74, 6) is 0. The Labute approximate surface area is 110 Å². The van der Waals surface area contributed by atoms with Crippen LogP contribution in [0.3, 0.4) is 0 Å². The Morgan fingerprint density at radius 3 is 2.50 bits per heavy atom. The molecule has 1 fully saturated rings. The molecule has 1 heterocycles. The molecule has 1 aliphatic heterocycles. The molecule has 1 aromatic rings. The van der Waals surface area contributed by atoms with Crippen LogP contribution >= 0.6 is 0 Å². The summed E-state index contributed by atoms with van der Waals surface area (Å²) in [5, 5.41) is 2.39. The standard InChI is InChI=1S/C16H24N2/c1-4-10-18(11-5-1)17-13-14-8-9-15-6-2-3-7-16(15)12-14/h8-9,12,17H,1-7,10-11,13H2. The number of hydrogen-bond donors (Lipinski definition) is 1. The second-order valence-corrected chi connectivity index (χ2v) is 5.69. The second kappa shape index (κ2) is 5.85. The number of rotatable bonds is 3. The second-order valence-electron chi connectivity index (χ2n) is 5.69. The molecular weight excluding hydrogens is 220 g/mol. The van der Waals surface area contributed by atoms with Crippen LogP contribution in [0.25, 0.3) is 0 Å². The zero-order valence-corrected chi connectivity index (χ0v) is 11.3. The third kappa shape index (κ3) is 2.93. The molecule has 0 saturated carbocycles. The molecule has 0 atom stereocenters. The largest absolute Gasteiger partial charge is 0.251 e. The Balaban J connectivity index is 1.58. The molecule has 2 heteroatoms. The van der Waals surface area contributed by atoms with Gasteiger partial charge in [-0.2, -0.15) is 0 Å². The quantitative estimate of drug-likeness (QED) is 0.879. The van der Waals surface area contributed by atoms with Crippen molar-refractivity contribution in [2.75, 3.05) is 13.1 Å². The van der Waals surface area contributed by atoms with Crippen molar-refractivity contribution in [2.45, 2.75) is 51.5 Å². The minimum Gasteiger partial charge on any atom is -0.251 e. The average molecular weight is 244 g/mol. The average Bonchev–Trinajstić information content (AvgIpc) is 2.46.